The number of primary amides is 1. The number of hydrogen-bond donors (Lipinski definition) is 1. The van der Waals surface area contributed by atoms with Crippen molar-refractivity contribution in [1.82, 2.24) is 14.5 Å². The predicted octanol–water partition coefficient (Wildman–Crippen LogP) is 0.654. The van der Waals surface area contributed by atoms with Crippen molar-refractivity contribution in [1.29, 1.82) is 0 Å². The molecule has 0 bridgehead atoms. The third-order valence-electron chi connectivity index (χ3n) is 3.32. The molecule has 0 unspecified atom stereocenters. The number of rotatable bonds is 4. The van der Waals surface area contributed by atoms with Crippen LogP contribution < -0.4 is 5.73 Å². The second-order valence-corrected chi connectivity index (χ2v) is 6.31. The van der Waals surface area contributed by atoms with Gasteiger partial charge >= 0.3 is 6.09 Å². The molecule has 0 atom stereocenters. The number of imidazole rings is 1. The van der Waals surface area contributed by atoms with Crippen LogP contribution in [0.2, 0.25) is 0 Å². The summed E-state index contributed by atoms with van der Waals surface area (Å²) in [5, 5.41) is 0. The van der Waals surface area contributed by atoms with Gasteiger partial charge in [0.05, 0.1) is 12.5 Å². The van der Waals surface area contributed by atoms with Gasteiger partial charge in [-0.05, 0) is 20.8 Å². The van der Waals surface area contributed by atoms with Crippen LogP contribution in [0.1, 0.15) is 43.1 Å². The fourth-order valence-electron chi connectivity index (χ4n) is 2.37. The van der Waals surface area contributed by atoms with Crippen LogP contribution in [0.3, 0.4) is 0 Å². The van der Waals surface area contributed by atoms with E-state index in [0.717, 1.165) is 0 Å². The lowest BCUT2D eigenvalue weighted by atomic mass is 10.1. The maximum atomic E-state index is 13.8. The molecule has 23 heavy (non-hydrogen) atoms. The fourth-order valence-corrected chi connectivity index (χ4v) is 2.37. The molecule has 2 amide bonds. The lowest BCUT2D eigenvalue weighted by molar-refractivity contribution is -0.107. The first-order chi connectivity index (χ1) is 10.6. The summed E-state index contributed by atoms with van der Waals surface area (Å²) in [4.78, 5) is 39.0. The first-order valence-corrected chi connectivity index (χ1v) is 7.12. The second kappa shape index (κ2) is 5.98. The molecule has 1 aromatic heterocycles. The predicted molar refractivity (Wildman–Crippen MR) is 77.3 cm³/mol. The quantitative estimate of drug-likeness (QED) is 0.818. The van der Waals surface area contributed by atoms with Gasteiger partial charge in [-0.1, -0.05) is 0 Å². The van der Waals surface area contributed by atoms with Crippen molar-refractivity contribution >= 4 is 18.3 Å². The highest BCUT2D eigenvalue weighted by Gasteiger charge is 2.38. The molecule has 0 radical (unpaired) electrons. The van der Waals surface area contributed by atoms with Gasteiger partial charge in [-0.15, -0.1) is 0 Å². The molecule has 1 aromatic rings. The fraction of sp³-hybridized carbons (Fsp3) is 0.571. The minimum absolute atomic E-state index is 0.111. The van der Waals surface area contributed by atoms with Crippen molar-refractivity contribution in [2.75, 3.05) is 13.1 Å². The topological polar surface area (TPSA) is 108 Å². The van der Waals surface area contributed by atoms with E-state index >= 15 is 0 Å². The summed E-state index contributed by atoms with van der Waals surface area (Å²) >= 11 is 0. The first kappa shape index (κ1) is 16.9. The molecule has 1 aliphatic rings. The van der Waals surface area contributed by atoms with Gasteiger partial charge in [0.2, 0.25) is 5.95 Å². The Labute approximate surface area is 132 Å². The van der Waals surface area contributed by atoms with Gasteiger partial charge in [-0.2, -0.15) is 4.39 Å². The van der Waals surface area contributed by atoms with Crippen molar-refractivity contribution in [3.05, 3.63) is 17.5 Å². The van der Waals surface area contributed by atoms with Crippen LogP contribution in [-0.2, 0) is 16.0 Å². The van der Waals surface area contributed by atoms with Crippen molar-refractivity contribution in [3.63, 3.8) is 0 Å². The van der Waals surface area contributed by atoms with Crippen LogP contribution in [0, 0.1) is 5.95 Å². The second-order valence-electron chi connectivity index (χ2n) is 6.31. The molecule has 2 N–H and O–H groups in total. The molecular weight excluding hydrogens is 307 g/mol. The van der Waals surface area contributed by atoms with E-state index in [0.29, 0.717) is 6.29 Å². The number of carbonyl (C=O) groups is 3. The molecule has 0 spiro atoms. The zero-order valence-electron chi connectivity index (χ0n) is 13.2. The Hall–Kier alpha value is -2.45. The van der Waals surface area contributed by atoms with E-state index < -0.39 is 23.5 Å². The lowest BCUT2D eigenvalue weighted by Gasteiger charge is -2.41. The van der Waals surface area contributed by atoms with Gasteiger partial charge in [0.1, 0.15) is 17.7 Å². The summed E-state index contributed by atoms with van der Waals surface area (Å²) in [6.45, 7) is 5.69. The van der Waals surface area contributed by atoms with E-state index in [2.05, 4.69) is 4.98 Å². The number of aromatic nitrogens is 2. The minimum Gasteiger partial charge on any atom is -0.444 e. The zero-order valence-corrected chi connectivity index (χ0v) is 13.2. The number of likely N-dealkylation sites (tertiary alicyclic amines) is 1. The van der Waals surface area contributed by atoms with Gasteiger partial charge in [0, 0.05) is 13.1 Å². The third-order valence-corrected chi connectivity index (χ3v) is 3.32. The standard InChI is InChI=1S/C14H19FN4O4/c1-14(2,3)23-13(22)18-6-8(7-18)19-9(4-5-20)17-11(15)10(19)12(16)21/h5,8H,4,6-7H2,1-3H3,(H2,16,21). The molecule has 0 aliphatic carbocycles. The van der Waals surface area contributed by atoms with E-state index in [9.17, 15) is 18.8 Å². The summed E-state index contributed by atoms with van der Waals surface area (Å²) in [6.07, 6.45) is -0.0765. The molecule has 0 aromatic carbocycles. The molecule has 0 saturated carbocycles. The first-order valence-electron chi connectivity index (χ1n) is 7.12. The van der Waals surface area contributed by atoms with Crippen LogP contribution in [0.4, 0.5) is 9.18 Å². The maximum absolute atomic E-state index is 13.8. The van der Waals surface area contributed by atoms with Crippen LogP contribution in [-0.4, -0.2) is 51.4 Å². The van der Waals surface area contributed by atoms with E-state index in [1.807, 2.05) is 0 Å². The van der Waals surface area contributed by atoms with Crippen molar-refractivity contribution in [2.24, 2.45) is 5.73 Å². The Morgan fingerprint density at radius 1 is 1.43 bits per heavy atom. The number of nitrogens with two attached hydrogens (primary N) is 1. The SMILES string of the molecule is CC(C)(C)OC(=O)N1CC(n2c(CC=O)nc(F)c2C(N)=O)C1. The molecule has 1 saturated heterocycles. The molecule has 126 valence electrons. The highest BCUT2D eigenvalue weighted by Crippen LogP contribution is 2.27. The lowest BCUT2D eigenvalue weighted by Crippen LogP contribution is -2.53. The van der Waals surface area contributed by atoms with Gasteiger partial charge in [0.25, 0.3) is 5.91 Å². The van der Waals surface area contributed by atoms with Gasteiger partial charge in [0.15, 0.2) is 5.69 Å². The van der Waals surface area contributed by atoms with Crippen LogP contribution in [0.5, 0.6) is 0 Å². The average Bonchev–Trinajstić information content (AvgIpc) is 2.62. The molecular formula is C14H19FN4O4. The number of amides is 2. The highest BCUT2D eigenvalue weighted by atomic mass is 19.1. The Bertz CT molecular complexity index is 644. The van der Waals surface area contributed by atoms with Crippen molar-refractivity contribution in [2.45, 2.75) is 38.8 Å². The highest BCUT2D eigenvalue weighted by molar-refractivity contribution is 5.91. The molecule has 1 aliphatic heterocycles. The van der Waals surface area contributed by atoms with E-state index in [1.165, 1.54) is 9.47 Å². The summed E-state index contributed by atoms with van der Waals surface area (Å²) in [5.41, 5.74) is 4.19. The van der Waals surface area contributed by atoms with Gasteiger partial charge < -0.3 is 24.7 Å². The van der Waals surface area contributed by atoms with Gasteiger partial charge in [-0.25, -0.2) is 9.78 Å². The van der Waals surface area contributed by atoms with Crippen molar-refractivity contribution < 1.29 is 23.5 Å². The van der Waals surface area contributed by atoms with E-state index in [-0.39, 0.29) is 37.1 Å². The average molecular weight is 326 g/mol. The molecule has 2 rings (SSSR count). The smallest absolute Gasteiger partial charge is 0.410 e. The van der Waals surface area contributed by atoms with Crippen LogP contribution in [0.25, 0.3) is 0 Å². The number of hydrogen-bond acceptors (Lipinski definition) is 5. The number of aldehydes is 1. The number of halogens is 1. The van der Waals surface area contributed by atoms with Crippen molar-refractivity contribution in [3.8, 4) is 0 Å². The van der Waals surface area contributed by atoms with Crippen LogP contribution in [0.15, 0.2) is 0 Å². The third kappa shape index (κ3) is 3.49. The number of ether oxygens (including phenoxy) is 1. The normalized spacial score (nSPS) is 15.2. The zero-order chi connectivity index (χ0) is 17.4. The largest absolute Gasteiger partial charge is 0.444 e. The summed E-state index contributed by atoms with van der Waals surface area (Å²) in [6, 6.07) is -0.378. The van der Waals surface area contributed by atoms with E-state index in [1.54, 1.807) is 20.8 Å². The molecule has 2 heterocycles. The van der Waals surface area contributed by atoms with E-state index in [4.69, 9.17) is 10.5 Å². The Kier molecular flexibility index (Phi) is 4.39. The summed E-state index contributed by atoms with van der Waals surface area (Å²) in [7, 11) is 0. The summed E-state index contributed by atoms with van der Waals surface area (Å²) < 4.78 is 20.3. The summed E-state index contributed by atoms with van der Waals surface area (Å²) in [5.74, 6) is -1.87. The molecule has 1 fully saturated rings. The molecule has 8 nitrogen and oxygen atoms in total. The van der Waals surface area contributed by atoms with Crippen LogP contribution >= 0.6 is 0 Å². The monoisotopic (exact) mass is 326 g/mol. The number of carbonyl (C=O) groups excluding carboxylic acids is 3. The maximum Gasteiger partial charge on any atom is 0.410 e. The molecule has 9 heteroatoms. The van der Waals surface area contributed by atoms with Gasteiger partial charge in [-0.3, -0.25) is 4.79 Å². The Balaban J connectivity index is 2.17. The minimum atomic E-state index is -1.01. The Morgan fingerprint density at radius 2 is 2.04 bits per heavy atom. The Morgan fingerprint density at radius 3 is 2.52 bits per heavy atom. The number of nitrogens with zero attached hydrogens (tertiary/aromatic N) is 3.